The first-order valence-corrected chi connectivity index (χ1v) is 7.74. The highest BCUT2D eigenvalue weighted by Gasteiger charge is 2.17. The summed E-state index contributed by atoms with van der Waals surface area (Å²) in [4.78, 5) is 28.8. The quantitative estimate of drug-likeness (QED) is 0.627. The number of rotatable bonds is 6. The minimum atomic E-state index is -0.494. The van der Waals surface area contributed by atoms with E-state index in [4.69, 9.17) is 0 Å². The summed E-state index contributed by atoms with van der Waals surface area (Å²) in [5.41, 5.74) is 0.326. The molecule has 0 radical (unpaired) electrons. The van der Waals surface area contributed by atoms with Crippen molar-refractivity contribution in [1.29, 1.82) is 0 Å². The highest BCUT2D eigenvalue weighted by atomic mass is 32.2. The van der Waals surface area contributed by atoms with E-state index in [1.807, 2.05) is 6.26 Å². The zero-order valence-electron chi connectivity index (χ0n) is 11.8. The average Bonchev–Trinajstić information content (AvgIpc) is 2.46. The lowest BCUT2D eigenvalue weighted by molar-refractivity contribution is -0.383. The van der Waals surface area contributed by atoms with Crippen LogP contribution in [0.1, 0.15) is 13.3 Å². The highest BCUT2D eigenvalue weighted by Crippen LogP contribution is 2.28. The van der Waals surface area contributed by atoms with Crippen LogP contribution in [0.25, 0.3) is 10.9 Å². The smallest absolute Gasteiger partial charge is 0.293 e. The molecule has 1 atom stereocenters. The number of thioether (sulfide) groups is 1. The molecule has 2 N–H and O–H groups in total. The Kier molecular flexibility index (Phi) is 4.79. The summed E-state index contributed by atoms with van der Waals surface area (Å²) < 4.78 is 0. The van der Waals surface area contributed by atoms with Crippen molar-refractivity contribution in [2.45, 2.75) is 18.6 Å². The second-order valence-corrected chi connectivity index (χ2v) is 5.91. The average molecular weight is 308 g/mol. The predicted molar refractivity (Wildman–Crippen MR) is 85.1 cm³/mol. The number of hydrogen-bond donors (Lipinski definition) is 2. The number of nitro groups is 1. The Morgan fingerprint density at radius 2 is 2.29 bits per heavy atom. The summed E-state index contributed by atoms with van der Waals surface area (Å²) in [5.74, 6) is 0. The maximum Gasteiger partial charge on any atom is 0.293 e. The summed E-state index contributed by atoms with van der Waals surface area (Å²) in [6.45, 7) is 2.72. The molecule has 1 unspecified atom stereocenters. The summed E-state index contributed by atoms with van der Waals surface area (Å²) in [7, 11) is 0. The van der Waals surface area contributed by atoms with Crippen LogP contribution in [0, 0.1) is 10.1 Å². The van der Waals surface area contributed by atoms with Crippen LogP contribution in [-0.2, 0) is 0 Å². The standard InChI is InChI=1S/C13H16N4O3S/c1-8(21-2)3-4-14-11-6-10-9(5-12(11)17(19)20)13(18)16-7-15-10/h5-8,14H,3-4H2,1-2H3,(H,15,16,18). The van der Waals surface area contributed by atoms with Crippen LogP contribution in [0.15, 0.2) is 23.3 Å². The molecule has 0 bridgehead atoms. The summed E-state index contributed by atoms with van der Waals surface area (Å²) >= 11 is 1.74. The second-order valence-electron chi connectivity index (χ2n) is 4.64. The van der Waals surface area contributed by atoms with Gasteiger partial charge in [0.1, 0.15) is 5.69 Å². The van der Waals surface area contributed by atoms with E-state index in [0.29, 0.717) is 23.0 Å². The minimum absolute atomic E-state index is 0.113. The van der Waals surface area contributed by atoms with Crippen molar-refractivity contribution < 1.29 is 4.92 Å². The zero-order chi connectivity index (χ0) is 15.4. The van der Waals surface area contributed by atoms with Crippen molar-refractivity contribution in [2.75, 3.05) is 18.1 Å². The van der Waals surface area contributed by atoms with Gasteiger partial charge in [0.05, 0.1) is 22.2 Å². The first-order valence-electron chi connectivity index (χ1n) is 6.45. The van der Waals surface area contributed by atoms with Crippen LogP contribution in [0.3, 0.4) is 0 Å². The molecule has 0 amide bonds. The van der Waals surface area contributed by atoms with E-state index in [-0.39, 0.29) is 16.6 Å². The minimum Gasteiger partial charge on any atom is -0.379 e. The van der Waals surface area contributed by atoms with Gasteiger partial charge in [-0.3, -0.25) is 14.9 Å². The topological polar surface area (TPSA) is 101 Å². The number of anilines is 1. The van der Waals surface area contributed by atoms with E-state index < -0.39 is 4.92 Å². The van der Waals surface area contributed by atoms with E-state index >= 15 is 0 Å². The van der Waals surface area contributed by atoms with Gasteiger partial charge in [-0.25, -0.2) is 4.98 Å². The number of fused-ring (bicyclic) bond motifs is 1. The van der Waals surface area contributed by atoms with Gasteiger partial charge < -0.3 is 10.3 Å². The molecule has 7 nitrogen and oxygen atoms in total. The van der Waals surface area contributed by atoms with Gasteiger partial charge in [-0.1, -0.05) is 6.92 Å². The maximum atomic E-state index is 11.7. The fraction of sp³-hybridized carbons (Fsp3) is 0.385. The van der Waals surface area contributed by atoms with Crippen LogP contribution in [0.2, 0.25) is 0 Å². The monoisotopic (exact) mass is 308 g/mol. The molecule has 0 fully saturated rings. The Balaban J connectivity index is 2.35. The van der Waals surface area contributed by atoms with E-state index in [0.717, 1.165) is 6.42 Å². The summed E-state index contributed by atoms with van der Waals surface area (Å²) in [6.07, 6.45) is 4.20. The van der Waals surface area contributed by atoms with Gasteiger partial charge in [0, 0.05) is 17.9 Å². The Morgan fingerprint density at radius 3 is 2.95 bits per heavy atom. The van der Waals surface area contributed by atoms with Gasteiger partial charge in [-0.05, 0) is 18.7 Å². The zero-order valence-corrected chi connectivity index (χ0v) is 12.6. The number of benzene rings is 1. The van der Waals surface area contributed by atoms with E-state index in [1.54, 1.807) is 17.8 Å². The fourth-order valence-electron chi connectivity index (χ4n) is 1.92. The maximum absolute atomic E-state index is 11.7. The normalized spacial score (nSPS) is 12.3. The Labute approximate surface area is 125 Å². The van der Waals surface area contributed by atoms with Crippen LogP contribution in [-0.4, -0.2) is 32.9 Å². The third kappa shape index (κ3) is 3.52. The van der Waals surface area contributed by atoms with Crippen LogP contribution >= 0.6 is 11.8 Å². The number of H-pyrrole nitrogens is 1. The Bertz CT molecular complexity index is 716. The molecular weight excluding hydrogens is 292 g/mol. The van der Waals surface area contributed by atoms with Gasteiger partial charge in [-0.15, -0.1) is 0 Å². The van der Waals surface area contributed by atoms with Gasteiger partial charge in [0.25, 0.3) is 11.2 Å². The molecule has 0 aliphatic carbocycles. The Morgan fingerprint density at radius 1 is 1.52 bits per heavy atom. The SMILES string of the molecule is CSC(C)CCNc1cc2nc[nH]c(=O)c2cc1[N+](=O)[O-]. The molecule has 2 rings (SSSR count). The number of aromatic amines is 1. The molecule has 8 heteroatoms. The van der Waals surface area contributed by atoms with Crippen LogP contribution < -0.4 is 10.9 Å². The molecular formula is C13H16N4O3S. The molecule has 0 aliphatic heterocycles. The van der Waals surface area contributed by atoms with E-state index in [1.165, 1.54) is 12.4 Å². The van der Waals surface area contributed by atoms with Crippen LogP contribution in [0.5, 0.6) is 0 Å². The number of nitro benzene ring substituents is 1. The number of nitrogens with one attached hydrogen (secondary N) is 2. The van der Waals surface area contributed by atoms with Gasteiger partial charge >= 0.3 is 0 Å². The van der Waals surface area contributed by atoms with Crippen molar-refractivity contribution in [3.8, 4) is 0 Å². The van der Waals surface area contributed by atoms with Crippen molar-refractivity contribution >= 4 is 34.0 Å². The fourth-order valence-corrected chi connectivity index (χ4v) is 2.28. The first kappa shape index (κ1) is 15.3. The lowest BCUT2D eigenvalue weighted by atomic mass is 10.2. The second kappa shape index (κ2) is 6.57. The van der Waals surface area contributed by atoms with Crippen molar-refractivity contribution in [1.82, 2.24) is 9.97 Å². The van der Waals surface area contributed by atoms with Gasteiger partial charge in [0.2, 0.25) is 0 Å². The largest absolute Gasteiger partial charge is 0.379 e. The number of aromatic nitrogens is 2. The number of nitrogens with zero attached hydrogens (tertiary/aromatic N) is 2. The van der Waals surface area contributed by atoms with Crippen molar-refractivity contribution in [2.24, 2.45) is 0 Å². The van der Waals surface area contributed by atoms with Crippen LogP contribution in [0.4, 0.5) is 11.4 Å². The van der Waals surface area contributed by atoms with Gasteiger partial charge in [0.15, 0.2) is 0 Å². The van der Waals surface area contributed by atoms with Gasteiger partial charge in [-0.2, -0.15) is 11.8 Å². The third-order valence-corrected chi connectivity index (χ3v) is 4.26. The molecule has 0 spiro atoms. The lowest BCUT2D eigenvalue weighted by Crippen LogP contribution is -2.11. The van der Waals surface area contributed by atoms with E-state index in [2.05, 4.69) is 22.2 Å². The van der Waals surface area contributed by atoms with E-state index in [9.17, 15) is 14.9 Å². The summed E-state index contributed by atoms with van der Waals surface area (Å²) in [6, 6.07) is 2.81. The first-order chi connectivity index (χ1) is 10.0. The lowest BCUT2D eigenvalue weighted by Gasteiger charge is -2.11. The molecule has 112 valence electrons. The molecule has 21 heavy (non-hydrogen) atoms. The van der Waals surface area contributed by atoms with Crippen molar-refractivity contribution in [3.63, 3.8) is 0 Å². The highest BCUT2D eigenvalue weighted by molar-refractivity contribution is 7.99. The number of hydrogen-bond acceptors (Lipinski definition) is 6. The molecule has 0 saturated heterocycles. The molecule has 2 aromatic rings. The van der Waals surface area contributed by atoms with Crippen molar-refractivity contribution in [3.05, 3.63) is 38.9 Å². The Hall–Kier alpha value is -2.09. The molecule has 1 heterocycles. The predicted octanol–water partition coefficient (Wildman–Crippen LogP) is 2.38. The molecule has 0 saturated carbocycles. The molecule has 0 aliphatic rings. The molecule has 1 aromatic carbocycles. The summed E-state index contributed by atoms with van der Waals surface area (Å²) in [5, 5.41) is 14.9. The third-order valence-electron chi connectivity index (χ3n) is 3.22. The molecule has 1 aromatic heterocycles.